The number of amides is 2. The van der Waals surface area contributed by atoms with E-state index in [2.05, 4.69) is 21.3 Å². The number of carbonyl (C=O) groups excluding carboxylic acids is 1. The lowest BCUT2D eigenvalue weighted by molar-refractivity contribution is -0.274. The summed E-state index contributed by atoms with van der Waals surface area (Å²) in [7, 11) is 0. The van der Waals surface area contributed by atoms with Gasteiger partial charge in [0.05, 0.1) is 5.54 Å². The predicted molar refractivity (Wildman–Crippen MR) is 68.2 cm³/mol. The van der Waals surface area contributed by atoms with E-state index in [9.17, 15) is 18.0 Å². The third kappa shape index (κ3) is 5.52. The van der Waals surface area contributed by atoms with Gasteiger partial charge >= 0.3 is 12.4 Å². The molecule has 0 bridgehead atoms. The minimum atomic E-state index is -4.75. The summed E-state index contributed by atoms with van der Waals surface area (Å²) in [5.41, 5.74) is -0.520. The van der Waals surface area contributed by atoms with Gasteiger partial charge in [-0.1, -0.05) is 5.92 Å². The number of halogens is 3. The molecule has 2 N–H and O–H groups in total. The average Bonchev–Trinajstić information content (AvgIpc) is 2.29. The zero-order valence-electron chi connectivity index (χ0n) is 10.8. The Hall–Kier alpha value is -2.36. The fourth-order valence-corrected chi connectivity index (χ4v) is 1.22. The van der Waals surface area contributed by atoms with Gasteiger partial charge < -0.3 is 15.4 Å². The van der Waals surface area contributed by atoms with E-state index in [1.807, 2.05) is 0 Å². The van der Waals surface area contributed by atoms with Crippen molar-refractivity contribution in [3.05, 3.63) is 24.3 Å². The van der Waals surface area contributed by atoms with Crippen LogP contribution in [0.15, 0.2) is 24.3 Å². The van der Waals surface area contributed by atoms with Gasteiger partial charge in [0.2, 0.25) is 0 Å². The first-order chi connectivity index (χ1) is 9.11. The Balaban J connectivity index is 2.62. The monoisotopic (exact) mass is 286 g/mol. The van der Waals surface area contributed by atoms with Crippen LogP contribution in [0.5, 0.6) is 5.75 Å². The fourth-order valence-electron chi connectivity index (χ4n) is 1.22. The average molecular weight is 286 g/mol. The number of nitrogens with one attached hydrogen (secondary N) is 2. The SMILES string of the molecule is C#CC(C)(C)NC(=O)Nc1ccc(OC(F)(F)F)cc1. The summed E-state index contributed by atoms with van der Waals surface area (Å²) in [6.07, 6.45) is 0.464. The van der Waals surface area contributed by atoms with Crippen LogP contribution in [-0.2, 0) is 0 Å². The van der Waals surface area contributed by atoms with Gasteiger partial charge in [0, 0.05) is 5.69 Å². The molecule has 1 aromatic carbocycles. The minimum Gasteiger partial charge on any atom is -0.406 e. The van der Waals surface area contributed by atoms with Crippen molar-refractivity contribution in [2.45, 2.75) is 25.7 Å². The molecule has 2 amide bonds. The number of hydrogen-bond donors (Lipinski definition) is 2. The number of benzene rings is 1. The number of anilines is 1. The summed E-state index contributed by atoms with van der Waals surface area (Å²) >= 11 is 0. The number of hydrogen-bond acceptors (Lipinski definition) is 2. The van der Waals surface area contributed by atoms with Crippen LogP contribution in [0.2, 0.25) is 0 Å². The predicted octanol–water partition coefficient (Wildman–Crippen LogP) is 3.12. The quantitative estimate of drug-likeness (QED) is 0.839. The first kappa shape index (κ1) is 15.7. The molecule has 0 atom stereocenters. The molecule has 20 heavy (non-hydrogen) atoms. The van der Waals surface area contributed by atoms with E-state index in [1.165, 1.54) is 12.1 Å². The number of terminal acetylenes is 1. The molecule has 0 saturated heterocycles. The third-order valence-electron chi connectivity index (χ3n) is 2.13. The van der Waals surface area contributed by atoms with Gasteiger partial charge in [-0.3, -0.25) is 0 Å². The molecular formula is C13H13F3N2O2. The molecule has 0 unspecified atom stereocenters. The molecule has 4 nitrogen and oxygen atoms in total. The standard InChI is InChI=1S/C13H13F3N2O2/c1-4-12(2,3)18-11(19)17-9-5-7-10(8-6-9)20-13(14,15)16/h1,5-8H,2-3H3,(H2,17,18,19). The maximum Gasteiger partial charge on any atom is 0.573 e. The molecule has 0 heterocycles. The molecule has 0 saturated carbocycles. The molecular weight excluding hydrogens is 273 g/mol. The highest BCUT2D eigenvalue weighted by atomic mass is 19.4. The summed E-state index contributed by atoms with van der Waals surface area (Å²) < 4.78 is 39.6. The molecule has 1 rings (SSSR count). The van der Waals surface area contributed by atoms with Crippen LogP contribution in [0.25, 0.3) is 0 Å². The summed E-state index contributed by atoms with van der Waals surface area (Å²) in [6, 6.07) is 4.19. The number of ether oxygens (including phenoxy) is 1. The number of rotatable bonds is 3. The van der Waals surface area contributed by atoms with Crippen molar-refractivity contribution < 1.29 is 22.7 Å². The van der Waals surface area contributed by atoms with Gasteiger partial charge in [0.25, 0.3) is 0 Å². The van der Waals surface area contributed by atoms with Crippen molar-refractivity contribution in [3.63, 3.8) is 0 Å². The molecule has 0 radical (unpaired) electrons. The molecule has 0 fully saturated rings. The van der Waals surface area contributed by atoms with Gasteiger partial charge in [0.15, 0.2) is 0 Å². The molecule has 1 aromatic rings. The van der Waals surface area contributed by atoms with Gasteiger partial charge in [0.1, 0.15) is 5.75 Å². The number of urea groups is 1. The Morgan fingerprint density at radius 2 is 1.80 bits per heavy atom. The molecule has 108 valence electrons. The van der Waals surface area contributed by atoms with E-state index in [0.29, 0.717) is 5.69 Å². The van der Waals surface area contributed by atoms with E-state index >= 15 is 0 Å². The zero-order valence-corrected chi connectivity index (χ0v) is 10.8. The topological polar surface area (TPSA) is 50.4 Å². The lowest BCUT2D eigenvalue weighted by Gasteiger charge is -2.19. The molecule has 0 aromatic heterocycles. The molecule has 7 heteroatoms. The Labute approximate surface area is 114 Å². The van der Waals surface area contributed by atoms with Crippen LogP contribution in [0.1, 0.15) is 13.8 Å². The van der Waals surface area contributed by atoms with Crippen LogP contribution < -0.4 is 15.4 Å². The van der Waals surface area contributed by atoms with Gasteiger partial charge in [-0.25, -0.2) is 4.79 Å². The van der Waals surface area contributed by atoms with Crippen molar-refractivity contribution in [2.24, 2.45) is 0 Å². The van der Waals surface area contributed by atoms with E-state index in [1.54, 1.807) is 13.8 Å². The highest BCUT2D eigenvalue weighted by molar-refractivity contribution is 5.90. The zero-order chi connectivity index (χ0) is 15.4. The van der Waals surface area contributed by atoms with E-state index in [-0.39, 0.29) is 5.75 Å². The largest absolute Gasteiger partial charge is 0.573 e. The minimum absolute atomic E-state index is 0.310. The van der Waals surface area contributed by atoms with Crippen molar-refractivity contribution in [1.29, 1.82) is 0 Å². The van der Waals surface area contributed by atoms with Crippen LogP contribution in [-0.4, -0.2) is 17.9 Å². The van der Waals surface area contributed by atoms with Crippen molar-refractivity contribution in [1.82, 2.24) is 5.32 Å². The van der Waals surface area contributed by atoms with Gasteiger partial charge in [-0.05, 0) is 38.1 Å². The summed E-state index contributed by atoms with van der Waals surface area (Å²) in [6.45, 7) is 3.26. The molecule has 0 aliphatic rings. The first-order valence-corrected chi connectivity index (χ1v) is 5.54. The van der Waals surface area contributed by atoms with E-state index in [0.717, 1.165) is 12.1 Å². The summed E-state index contributed by atoms with van der Waals surface area (Å²) in [4.78, 5) is 11.6. The molecule has 0 spiro atoms. The smallest absolute Gasteiger partial charge is 0.406 e. The van der Waals surface area contributed by atoms with Crippen LogP contribution in [0.3, 0.4) is 0 Å². The van der Waals surface area contributed by atoms with Crippen molar-refractivity contribution in [2.75, 3.05) is 5.32 Å². The van der Waals surface area contributed by atoms with Crippen LogP contribution in [0, 0.1) is 12.3 Å². The normalized spacial score (nSPS) is 11.4. The maximum absolute atomic E-state index is 12.0. The number of alkyl halides is 3. The third-order valence-corrected chi connectivity index (χ3v) is 2.13. The van der Waals surface area contributed by atoms with Crippen molar-refractivity contribution >= 4 is 11.7 Å². The van der Waals surface area contributed by atoms with Gasteiger partial charge in [-0.15, -0.1) is 19.6 Å². The number of carbonyl (C=O) groups is 1. The summed E-state index contributed by atoms with van der Waals surface area (Å²) in [5, 5.41) is 4.95. The Bertz CT molecular complexity index is 516. The summed E-state index contributed by atoms with van der Waals surface area (Å²) in [5.74, 6) is 2.01. The Morgan fingerprint density at radius 3 is 2.25 bits per heavy atom. The molecule has 0 aliphatic heterocycles. The second kappa shape index (κ2) is 5.74. The lowest BCUT2D eigenvalue weighted by atomic mass is 10.1. The van der Waals surface area contributed by atoms with Gasteiger partial charge in [-0.2, -0.15) is 0 Å². The lowest BCUT2D eigenvalue weighted by Crippen LogP contribution is -2.44. The highest BCUT2D eigenvalue weighted by Gasteiger charge is 2.30. The highest BCUT2D eigenvalue weighted by Crippen LogP contribution is 2.23. The first-order valence-electron chi connectivity index (χ1n) is 5.54. The fraction of sp³-hybridized carbons (Fsp3) is 0.308. The van der Waals surface area contributed by atoms with Crippen LogP contribution >= 0.6 is 0 Å². The molecule has 0 aliphatic carbocycles. The van der Waals surface area contributed by atoms with E-state index in [4.69, 9.17) is 6.42 Å². The van der Waals surface area contributed by atoms with Crippen molar-refractivity contribution in [3.8, 4) is 18.1 Å². The Kier molecular flexibility index (Phi) is 4.50. The van der Waals surface area contributed by atoms with E-state index < -0.39 is 17.9 Å². The second-order valence-corrected chi connectivity index (χ2v) is 4.42. The van der Waals surface area contributed by atoms with Crippen LogP contribution in [0.4, 0.5) is 23.7 Å². The second-order valence-electron chi connectivity index (χ2n) is 4.42. The maximum atomic E-state index is 12.0. The Morgan fingerprint density at radius 1 is 1.25 bits per heavy atom.